The quantitative estimate of drug-likeness (QED) is 0.643. The number of carbonyl (C=O) groups excluding carboxylic acids is 3. The largest absolute Gasteiger partial charge is 0.491 e. The fourth-order valence-corrected chi connectivity index (χ4v) is 4.57. The van der Waals surface area contributed by atoms with Crippen LogP contribution in [0.5, 0.6) is 5.75 Å². The van der Waals surface area contributed by atoms with Gasteiger partial charge in [-0.05, 0) is 68.1 Å². The maximum absolute atomic E-state index is 13.0. The Morgan fingerprint density at radius 3 is 2.65 bits per heavy atom. The molecule has 34 heavy (non-hydrogen) atoms. The molecule has 0 saturated carbocycles. The number of anilines is 2. The summed E-state index contributed by atoms with van der Waals surface area (Å²) >= 11 is 0. The van der Waals surface area contributed by atoms with Crippen molar-refractivity contribution < 1.29 is 23.9 Å². The minimum Gasteiger partial charge on any atom is -0.491 e. The topological polar surface area (TPSA) is 97.0 Å². The number of amides is 3. The molecule has 2 heterocycles. The first-order valence-corrected chi connectivity index (χ1v) is 11.6. The van der Waals surface area contributed by atoms with Crippen LogP contribution in [0.1, 0.15) is 36.0 Å². The minimum absolute atomic E-state index is 0.142. The van der Waals surface area contributed by atoms with Crippen molar-refractivity contribution >= 4 is 29.1 Å². The van der Waals surface area contributed by atoms with E-state index >= 15 is 0 Å². The van der Waals surface area contributed by atoms with Crippen molar-refractivity contribution in [1.29, 1.82) is 0 Å². The lowest BCUT2D eigenvalue weighted by molar-refractivity contribution is -0.139. The van der Waals surface area contributed by atoms with E-state index in [4.69, 9.17) is 9.47 Å². The number of carbonyl (C=O) groups is 3. The third-order valence-corrected chi connectivity index (χ3v) is 6.47. The van der Waals surface area contributed by atoms with E-state index in [0.717, 1.165) is 19.4 Å². The molecule has 3 amide bonds. The molecule has 0 radical (unpaired) electrons. The van der Waals surface area contributed by atoms with Crippen LogP contribution in [-0.2, 0) is 14.3 Å². The van der Waals surface area contributed by atoms with Gasteiger partial charge >= 0.3 is 0 Å². The van der Waals surface area contributed by atoms with Crippen LogP contribution in [0.2, 0.25) is 0 Å². The lowest BCUT2D eigenvalue weighted by atomic mass is 9.80. The molecule has 3 unspecified atom stereocenters. The van der Waals surface area contributed by atoms with Gasteiger partial charge in [-0.1, -0.05) is 18.2 Å². The van der Waals surface area contributed by atoms with Gasteiger partial charge in [-0.15, -0.1) is 0 Å². The third kappa shape index (κ3) is 4.68. The maximum Gasteiger partial charge on any atom is 0.255 e. The maximum atomic E-state index is 13.0. The number of hydrogen-bond donors (Lipinski definition) is 2. The Bertz CT molecular complexity index is 1110. The van der Waals surface area contributed by atoms with Crippen molar-refractivity contribution in [3.05, 3.63) is 66.2 Å². The van der Waals surface area contributed by atoms with E-state index in [1.54, 1.807) is 48.5 Å². The third-order valence-electron chi connectivity index (χ3n) is 6.47. The van der Waals surface area contributed by atoms with Crippen LogP contribution in [0.25, 0.3) is 0 Å². The first kappa shape index (κ1) is 22.2. The highest BCUT2D eigenvalue weighted by Gasteiger charge is 2.42. The Morgan fingerprint density at radius 1 is 1.09 bits per heavy atom. The van der Waals surface area contributed by atoms with Crippen molar-refractivity contribution in [3.8, 4) is 5.75 Å². The van der Waals surface area contributed by atoms with Crippen molar-refractivity contribution in [2.24, 2.45) is 11.8 Å². The molecular formula is C26H27N3O5. The number of nitrogens with one attached hydrogen (secondary N) is 2. The number of allylic oxidation sites excluding steroid dienone is 2. The predicted molar refractivity (Wildman–Crippen MR) is 126 cm³/mol. The van der Waals surface area contributed by atoms with E-state index < -0.39 is 0 Å². The van der Waals surface area contributed by atoms with E-state index in [1.165, 1.54) is 5.01 Å². The van der Waals surface area contributed by atoms with Crippen LogP contribution in [-0.4, -0.2) is 37.0 Å². The lowest BCUT2D eigenvalue weighted by Crippen LogP contribution is -2.59. The molecule has 2 saturated heterocycles. The summed E-state index contributed by atoms with van der Waals surface area (Å²) in [6, 6.07) is 13.8. The number of hydrogen-bond acceptors (Lipinski definition) is 5. The fourth-order valence-electron chi connectivity index (χ4n) is 4.57. The van der Waals surface area contributed by atoms with Crippen LogP contribution in [0.3, 0.4) is 0 Å². The summed E-state index contributed by atoms with van der Waals surface area (Å²) in [5, 5.41) is 4.12. The second kappa shape index (κ2) is 9.69. The highest BCUT2D eigenvalue weighted by Crippen LogP contribution is 2.32. The Labute approximate surface area is 197 Å². The number of fused-ring (bicyclic) bond motifs is 1. The molecule has 3 atom stereocenters. The van der Waals surface area contributed by atoms with Crippen LogP contribution in [0, 0.1) is 11.8 Å². The normalized spacial score (nSPS) is 23.9. The smallest absolute Gasteiger partial charge is 0.255 e. The molecule has 8 heteroatoms. The first-order chi connectivity index (χ1) is 16.6. The average molecular weight is 462 g/mol. The van der Waals surface area contributed by atoms with Gasteiger partial charge in [-0.2, -0.15) is 0 Å². The molecule has 2 fully saturated rings. The highest BCUT2D eigenvalue weighted by atomic mass is 16.5. The van der Waals surface area contributed by atoms with Crippen molar-refractivity contribution in [2.75, 3.05) is 23.5 Å². The number of ether oxygens (including phenoxy) is 2. The van der Waals surface area contributed by atoms with E-state index in [1.807, 2.05) is 12.2 Å². The summed E-state index contributed by atoms with van der Waals surface area (Å²) in [7, 11) is 0. The molecule has 8 nitrogen and oxygen atoms in total. The Hall–Kier alpha value is -3.65. The molecule has 176 valence electrons. The van der Waals surface area contributed by atoms with E-state index in [2.05, 4.69) is 10.7 Å². The average Bonchev–Trinajstić information content (AvgIpc) is 3.40. The first-order valence-electron chi connectivity index (χ1n) is 11.6. The number of hydrazine groups is 1. The zero-order valence-electron chi connectivity index (χ0n) is 18.7. The van der Waals surface area contributed by atoms with Crippen LogP contribution in [0.4, 0.5) is 11.4 Å². The number of nitrogens with zero attached hydrogens (tertiary/aromatic N) is 1. The Balaban J connectivity index is 1.23. The second-order valence-corrected chi connectivity index (χ2v) is 8.78. The van der Waals surface area contributed by atoms with Gasteiger partial charge in [0.05, 0.1) is 23.6 Å². The van der Waals surface area contributed by atoms with Crippen LogP contribution >= 0.6 is 0 Å². The predicted octanol–water partition coefficient (Wildman–Crippen LogP) is 3.46. The zero-order chi connectivity index (χ0) is 23.5. The highest BCUT2D eigenvalue weighted by molar-refractivity contribution is 6.07. The molecule has 3 aliphatic rings. The summed E-state index contributed by atoms with van der Waals surface area (Å²) in [6.45, 7) is 1.30. The van der Waals surface area contributed by atoms with E-state index in [0.29, 0.717) is 42.1 Å². The van der Waals surface area contributed by atoms with Gasteiger partial charge in [0.25, 0.3) is 5.91 Å². The van der Waals surface area contributed by atoms with E-state index in [9.17, 15) is 14.4 Å². The summed E-state index contributed by atoms with van der Waals surface area (Å²) in [4.78, 5) is 38.4. The zero-order valence-corrected chi connectivity index (χ0v) is 18.7. The Kier molecular flexibility index (Phi) is 6.31. The standard InChI is InChI=1S/C26H27N3O5/c30-24(27-18-10-12-20(13-11-18)34-16-21-7-4-14-33-21)17-5-3-6-19(15-17)29-26(32)23-9-2-1-8-22(23)25(31)28-29/h1-3,5-6,10-13,15,21-23H,4,7-9,14,16H2,(H,27,30)(H,28,31). The molecule has 2 aliphatic heterocycles. The van der Waals surface area contributed by atoms with Crippen molar-refractivity contribution in [1.82, 2.24) is 5.43 Å². The Morgan fingerprint density at radius 2 is 1.88 bits per heavy atom. The van der Waals surface area contributed by atoms with Crippen molar-refractivity contribution in [3.63, 3.8) is 0 Å². The summed E-state index contributed by atoms with van der Waals surface area (Å²) in [6.07, 6.45) is 7.21. The van der Waals surface area contributed by atoms with Gasteiger partial charge in [-0.3, -0.25) is 19.8 Å². The molecule has 0 spiro atoms. The fraction of sp³-hybridized carbons (Fsp3) is 0.346. The van der Waals surface area contributed by atoms with Gasteiger partial charge in [-0.25, -0.2) is 5.01 Å². The second-order valence-electron chi connectivity index (χ2n) is 8.78. The van der Waals surface area contributed by atoms with Gasteiger partial charge in [0, 0.05) is 17.9 Å². The summed E-state index contributed by atoms with van der Waals surface area (Å²) in [5.41, 5.74) is 4.15. The molecular weight excluding hydrogens is 434 g/mol. The van der Waals surface area contributed by atoms with Gasteiger partial charge in [0.2, 0.25) is 11.8 Å². The van der Waals surface area contributed by atoms with Crippen LogP contribution < -0.4 is 20.5 Å². The number of benzene rings is 2. The van der Waals surface area contributed by atoms with Crippen LogP contribution in [0.15, 0.2) is 60.7 Å². The minimum atomic E-state index is -0.378. The molecule has 1 aliphatic carbocycles. The molecule has 0 aromatic heterocycles. The van der Waals surface area contributed by atoms with E-state index in [-0.39, 0.29) is 35.7 Å². The molecule has 0 bridgehead atoms. The molecule has 2 N–H and O–H groups in total. The number of rotatable bonds is 6. The monoisotopic (exact) mass is 461 g/mol. The lowest BCUT2D eigenvalue weighted by Gasteiger charge is -2.38. The molecule has 2 aromatic carbocycles. The van der Waals surface area contributed by atoms with Gasteiger partial charge in [0.1, 0.15) is 12.4 Å². The molecule has 5 rings (SSSR count). The van der Waals surface area contributed by atoms with Crippen molar-refractivity contribution in [2.45, 2.75) is 31.8 Å². The molecule has 2 aromatic rings. The summed E-state index contributed by atoms with van der Waals surface area (Å²) < 4.78 is 11.3. The summed E-state index contributed by atoms with van der Waals surface area (Å²) in [5.74, 6) is -0.652. The SMILES string of the molecule is O=C(Nc1ccc(OCC2CCCO2)cc1)c1cccc(N2NC(=O)C3CC=CCC3C2=O)c1. The van der Waals surface area contributed by atoms with Gasteiger partial charge < -0.3 is 14.8 Å². The van der Waals surface area contributed by atoms with Gasteiger partial charge in [0.15, 0.2) is 0 Å².